The highest BCUT2D eigenvalue weighted by Gasteiger charge is 2.14. The lowest BCUT2D eigenvalue weighted by atomic mass is 10.1. The van der Waals surface area contributed by atoms with Gasteiger partial charge in [-0.1, -0.05) is 22.0 Å². The number of aryl methyl sites for hydroxylation is 1. The number of carboxylic acid groups (broad SMARTS) is 1. The summed E-state index contributed by atoms with van der Waals surface area (Å²) >= 11 is 3.35. The second kappa shape index (κ2) is 6.10. The summed E-state index contributed by atoms with van der Waals surface area (Å²) in [6, 6.07) is 10.2. The molecule has 2 rings (SSSR count). The van der Waals surface area contributed by atoms with Crippen LogP contribution in [0.5, 0.6) is 0 Å². The first kappa shape index (κ1) is 15.3. The maximum absolute atomic E-state index is 12.3. The van der Waals surface area contributed by atoms with E-state index in [9.17, 15) is 9.59 Å². The van der Waals surface area contributed by atoms with Gasteiger partial charge in [0.05, 0.1) is 5.56 Å². The Balaban J connectivity index is 2.32. The van der Waals surface area contributed by atoms with Crippen LogP contribution in [0.3, 0.4) is 0 Å². The molecule has 0 unspecified atom stereocenters. The molecule has 0 aliphatic heterocycles. The average molecular weight is 348 g/mol. The summed E-state index contributed by atoms with van der Waals surface area (Å²) in [5, 5.41) is 11.9. The number of carbonyl (C=O) groups is 2. The maximum Gasteiger partial charge on any atom is 0.336 e. The zero-order valence-electron chi connectivity index (χ0n) is 11.6. The van der Waals surface area contributed by atoms with Gasteiger partial charge in [0.1, 0.15) is 0 Å². The summed E-state index contributed by atoms with van der Waals surface area (Å²) < 4.78 is 0.903. The van der Waals surface area contributed by atoms with Crippen LogP contribution in [0.25, 0.3) is 0 Å². The van der Waals surface area contributed by atoms with E-state index in [0.717, 1.165) is 10.0 Å². The first-order valence-corrected chi connectivity index (χ1v) is 7.10. The molecule has 2 N–H and O–H groups in total. The number of nitrogens with one attached hydrogen (secondary N) is 1. The summed E-state index contributed by atoms with van der Waals surface area (Å²) in [7, 11) is 0. The largest absolute Gasteiger partial charge is 0.478 e. The van der Waals surface area contributed by atoms with Crippen molar-refractivity contribution < 1.29 is 14.7 Å². The van der Waals surface area contributed by atoms with Crippen molar-refractivity contribution in [3.63, 3.8) is 0 Å². The van der Waals surface area contributed by atoms with Gasteiger partial charge in [0, 0.05) is 15.7 Å². The minimum Gasteiger partial charge on any atom is -0.478 e. The smallest absolute Gasteiger partial charge is 0.336 e. The lowest BCUT2D eigenvalue weighted by molar-refractivity contribution is 0.0695. The maximum atomic E-state index is 12.3. The number of hydrogen-bond acceptors (Lipinski definition) is 2. The van der Waals surface area contributed by atoms with Crippen molar-refractivity contribution in [2.24, 2.45) is 0 Å². The van der Waals surface area contributed by atoms with E-state index in [2.05, 4.69) is 21.2 Å². The molecule has 108 valence electrons. The van der Waals surface area contributed by atoms with E-state index in [4.69, 9.17) is 5.11 Å². The Hall–Kier alpha value is -2.14. The van der Waals surface area contributed by atoms with Gasteiger partial charge in [0.15, 0.2) is 0 Å². The fourth-order valence-corrected chi connectivity index (χ4v) is 2.55. The molecule has 0 bridgehead atoms. The summed E-state index contributed by atoms with van der Waals surface area (Å²) in [6.45, 7) is 3.52. The monoisotopic (exact) mass is 347 g/mol. The average Bonchev–Trinajstić information content (AvgIpc) is 2.40. The fourth-order valence-electron chi connectivity index (χ4n) is 2.07. The van der Waals surface area contributed by atoms with Crippen LogP contribution < -0.4 is 5.32 Å². The van der Waals surface area contributed by atoms with Crippen LogP contribution in [0.15, 0.2) is 40.9 Å². The second-order valence-electron chi connectivity index (χ2n) is 4.70. The molecule has 4 nitrogen and oxygen atoms in total. The van der Waals surface area contributed by atoms with Crippen LogP contribution >= 0.6 is 15.9 Å². The molecule has 0 fully saturated rings. The number of rotatable bonds is 3. The van der Waals surface area contributed by atoms with Crippen molar-refractivity contribution in [3.8, 4) is 0 Å². The molecular formula is C16H14BrNO3. The van der Waals surface area contributed by atoms with Gasteiger partial charge in [-0.25, -0.2) is 4.79 Å². The van der Waals surface area contributed by atoms with E-state index in [1.165, 1.54) is 6.07 Å². The summed E-state index contributed by atoms with van der Waals surface area (Å²) in [4.78, 5) is 23.4. The van der Waals surface area contributed by atoms with Crippen LogP contribution in [-0.4, -0.2) is 17.0 Å². The molecule has 2 aromatic rings. The van der Waals surface area contributed by atoms with Crippen LogP contribution in [0.2, 0.25) is 0 Å². The molecule has 0 saturated heterocycles. The third kappa shape index (κ3) is 3.31. The Morgan fingerprint density at radius 1 is 1.10 bits per heavy atom. The third-order valence-corrected chi connectivity index (χ3v) is 3.74. The molecular weight excluding hydrogens is 334 g/mol. The van der Waals surface area contributed by atoms with Gasteiger partial charge in [-0.15, -0.1) is 0 Å². The Morgan fingerprint density at radius 3 is 2.43 bits per heavy atom. The topological polar surface area (TPSA) is 66.4 Å². The minimum absolute atomic E-state index is 0.181. The molecule has 0 aliphatic carbocycles. The summed E-state index contributed by atoms with van der Waals surface area (Å²) in [5.74, 6) is -1.27. The van der Waals surface area contributed by atoms with Crippen molar-refractivity contribution >= 4 is 33.5 Å². The second-order valence-corrected chi connectivity index (χ2v) is 5.61. The summed E-state index contributed by atoms with van der Waals surface area (Å²) in [5.41, 5.74) is 2.61. The molecule has 5 heteroatoms. The molecule has 0 aromatic heterocycles. The highest BCUT2D eigenvalue weighted by atomic mass is 79.9. The SMILES string of the molecule is Cc1cc(Br)ccc1C(=O)Nc1cccc(C(=O)O)c1C. The number of carbonyl (C=O) groups excluding carboxylic acids is 1. The van der Waals surface area contributed by atoms with Crippen molar-refractivity contribution in [1.29, 1.82) is 0 Å². The molecule has 0 heterocycles. The number of halogens is 1. The van der Waals surface area contributed by atoms with Crippen molar-refractivity contribution in [1.82, 2.24) is 0 Å². The fraction of sp³-hybridized carbons (Fsp3) is 0.125. The first-order chi connectivity index (χ1) is 9.90. The van der Waals surface area contributed by atoms with Gasteiger partial charge in [0.2, 0.25) is 0 Å². The Labute approximate surface area is 130 Å². The lowest BCUT2D eigenvalue weighted by Gasteiger charge is -2.12. The van der Waals surface area contributed by atoms with Crippen molar-refractivity contribution in [2.75, 3.05) is 5.32 Å². The molecule has 0 radical (unpaired) electrons. The van der Waals surface area contributed by atoms with E-state index in [1.54, 1.807) is 31.2 Å². The first-order valence-electron chi connectivity index (χ1n) is 6.30. The van der Waals surface area contributed by atoms with Crippen LogP contribution in [0.1, 0.15) is 31.8 Å². The van der Waals surface area contributed by atoms with Gasteiger partial charge in [-0.3, -0.25) is 4.79 Å². The van der Waals surface area contributed by atoms with Crippen molar-refractivity contribution in [2.45, 2.75) is 13.8 Å². The normalized spacial score (nSPS) is 10.2. The standard InChI is InChI=1S/C16H14BrNO3/c1-9-8-11(17)6-7-12(9)15(19)18-14-5-3-4-13(10(14)2)16(20)21/h3-8H,1-2H3,(H,18,19)(H,20,21). The zero-order valence-corrected chi connectivity index (χ0v) is 13.2. The zero-order chi connectivity index (χ0) is 15.6. The lowest BCUT2D eigenvalue weighted by Crippen LogP contribution is -2.15. The predicted molar refractivity (Wildman–Crippen MR) is 85.0 cm³/mol. The molecule has 2 aromatic carbocycles. The molecule has 0 aliphatic rings. The molecule has 0 atom stereocenters. The highest BCUT2D eigenvalue weighted by molar-refractivity contribution is 9.10. The Morgan fingerprint density at radius 2 is 1.81 bits per heavy atom. The van der Waals surface area contributed by atoms with Gasteiger partial charge in [-0.2, -0.15) is 0 Å². The van der Waals surface area contributed by atoms with Gasteiger partial charge in [0.25, 0.3) is 5.91 Å². The Kier molecular flexibility index (Phi) is 4.43. The third-order valence-electron chi connectivity index (χ3n) is 3.25. The van der Waals surface area contributed by atoms with Crippen LogP contribution in [0.4, 0.5) is 5.69 Å². The molecule has 0 spiro atoms. The quantitative estimate of drug-likeness (QED) is 0.881. The number of hydrogen-bond donors (Lipinski definition) is 2. The van der Waals surface area contributed by atoms with Crippen LogP contribution in [-0.2, 0) is 0 Å². The Bertz CT molecular complexity index is 725. The van der Waals surface area contributed by atoms with E-state index in [1.807, 2.05) is 13.0 Å². The number of carboxylic acids is 1. The van der Waals surface area contributed by atoms with Gasteiger partial charge < -0.3 is 10.4 Å². The van der Waals surface area contributed by atoms with E-state index in [-0.39, 0.29) is 11.5 Å². The molecule has 1 amide bonds. The number of anilines is 1. The number of aromatic carboxylic acids is 1. The molecule has 21 heavy (non-hydrogen) atoms. The molecule has 0 saturated carbocycles. The van der Waals surface area contributed by atoms with Crippen LogP contribution in [0, 0.1) is 13.8 Å². The van der Waals surface area contributed by atoms with Gasteiger partial charge >= 0.3 is 5.97 Å². The van der Waals surface area contributed by atoms with E-state index >= 15 is 0 Å². The van der Waals surface area contributed by atoms with E-state index < -0.39 is 5.97 Å². The summed E-state index contributed by atoms with van der Waals surface area (Å²) in [6.07, 6.45) is 0. The van der Waals surface area contributed by atoms with Gasteiger partial charge in [-0.05, 0) is 55.3 Å². The van der Waals surface area contributed by atoms with Crippen molar-refractivity contribution in [3.05, 3.63) is 63.1 Å². The number of amides is 1. The minimum atomic E-state index is -1.01. The van der Waals surface area contributed by atoms with E-state index in [0.29, 0.717) is 16.8 Å². The predicted octanol–water partition coefficient (Wildman–Crippen LogP) is 4.02. The highest BCUT2D eigenvalue weighted by Crippen LogP contribution is 2.21. The number of benzene rings is 2.